The molecule has 0 saturated heterocycles. The Morgan fingerprint density at radius 2 is 1.86 bits per heavy atom. The Hall–Kier alpha value is 0.500. The van der Waals surface area contributed by atoms with E-state index in [9.17, 15) is 0 Å². The summed E-state index contributed by atoms with van der Waals surface area (Å²) >= 11 is 11.8. The van der Waals surface area contributed by atoms with Crippen LogP contribution < -0.4 is 5.32 Å². The molecule has 0 aromatic carbocycles. The number of rotatable bonds is 9. The van der Waals surface area contributed by atoms with Gasteiger partial charge < -0.3 is 10.1 Å². The molecule has 0 unspecified atom stereocenters. The second-order valence-electron chi connectivity index (χ2n) is 3.38. The minimum absolute atomic E-state index is 0.102. The molecule has 0 rings (SSSR count). The van der Waals surface area contributed by atoms with Gasteiger partial charge in [0.05, 0.1) is 0 Å². The molecule has 0 aliphatic carbocycles. The quantitative estimate of drug-likeness (QED) is 0.495. The molecule has 0 aliphatic rings. The van der Waals surface area contributed by atoms with Crippen molar-refractivity contribution in [1.29, 1.82) is 0 Å². The van der Waals surface area contributed by atoms with Crippen molar-refractivity contribution in [3.05, 3.63) is 0 Å². The van der Waals surface area contributed by atoms with Gasteiger partial charge in [-0.3, -0.25) is 0 Å². The molecule has 2 nitrogen and oxygen atoms in total. The number of nitrogens with one attached hydrogen (secondary N) is 1. The van der Waals surface area contributed by atoms with Crippen molar-refractivity contribution in [2.45, 2.75) is 32.2 Å². The molecule has 0 amide bonds. The van der Waals surface area contributed by atoms with Crippen LogP contribution in [0.2, 0.25) is 0 Å². The van der Waals surface area contributed by atoms with E-state index in [1.54, 1.807) is 0 Å². The van der Waals surface area contributed by atoms with E-state index >= 15 is 0 Å². The Kier molecular flexibility index (Phi) is 9.09. The molecular formula is C10H21Cl2NO. The molecule has 0 aromatic heterocycles. The highest BCUT2D eigenvalue weighted by molar-refractivity contribution is 6.22. The predicted molar refractivity (Wildman–Crippen MR) is 63.6 cm³/mol. The molecule has 0 heterocycles. The smallest absolute Gasteiger partial charge is 0.0477 e. The van der Waals surface area contributed by atoms with Gasteiger partial charge in [0, 0.05) is 30.5 Å². The second-order valence-corrected chi connectivity index (χ2v) is 3.91. The first kappa shape index (κ1) is 14.5. The van der Waals surface area contributed by atoms with Crippen LogP contribution in [-0.2, 0) is 4.74 Å². The molecule has 0 atom stereocenters. The molecule has 0 saturated carbocycles. The van der Waals surface area contributed by atoms with Gasteiger partial charge in [-0.25, -0.2) is 0 Å². The minimum atomic E-state index is -0.102. The second kappa shape index (κ2) is 8.78. The summed E-state index contributed by atoms with van der Waals surface area (Å²) in [6.45, 7) is 6.59. The van der Waals surface area contributed by atoms with Crippen molar-refractivity contribution < 1.29 is 4.74 Å². The average Bonchev–Trinajstić information content (AvgIpc) is 2.24. The van der Waals surface area contributed by atoms with E-state index in [-0.39, 0.29) is 5.54 Å². The topological polar surface area (TPSA) is 21.3 Å². The first-order chi connectivity index (χ1) is 6.74. The van der Waals surface area contributed by atoms with Gasteiger partial charge in [-0.1, -0.05) is 6.92 Å². The molecule has 0 fully saturated rings. The van der Waals surface area contributed by atoms with E-state index < -0.39 is 0 Å². The summed E-state index contributed by atoms with van der Waals surface area (Å²) in [7, 11) is 0. The Morgan fingerprint density at radius 1 is 1.21 bits per heavy atom. The highest BCUT2D eigenvalue weighted by atomic mass is 35.5. The van der Waals surface area contributed by atoms with E-state index in [0.717, 1.165) is 32.6 Å². The van der Waals surface area contributed by atoms with Gasteiger partial charge in [0.25, 0.3) is 0 Å². The first-order valence-electron chi connectivity index (χ1n) is 5.19. The van der Waals surface area contributed by atoms with Crippen molar-refractivity contribution in [3.63, 3.8) is 0 Å². The van der Waals surface area contributed by atoms with Crippen LogP contribution in [0.3, 0.4) is 0 Å². The Bertz CT molecular complexity index is 121. The van der Waals surface area contributed by atoms with Gasteiger partial charge in [-0.05, 0) is 26.3 Å². The normalized spacial score (nSPS) is 12.0. The van der Waals surface area contributed by atoms with Gasteiger partial charge in [0.2, 0.25) is 0 Å². The molecule has 1 N–H and O–H groups in total. The molecule has 0 spiro atoms. The largest absolute Gasteiger partial charge is 0.382 e. The maximum Gasteiger partial charge on any atom is 0.0477 e. The molecule has 4 heteroatoms. The summed E-state index contributed by atoms with van der Waals surface area (Å²) in [4.78, 5) is 0. The summed E-state index contributed by atoms with van der Waals surface area (Å²) in [5.41, 5.74) is -0.102. The molecule has 0 radical (unpaired) electrons. The van der Waals surface area contributed by atoms with Gasteiger partial charge in [-0.2, -0.15) is 0 Å². The molecule has 86 valence electrons. The number of alkyl halides is 2. The number of hydrogen-bond donors (Lipinski definition) is 1. The maximum absolute atomic E-state index is 5.89. The Balaban J connectivity index is 3.61. The zero-order valence-corrected chi connectivity index (χ0v) is 10.6. The minimum Gasteiger partial charge on any atom is -0.382 e. The SMILES string of the molecule is CCOCCCNC(CC)(CCl)CCl. The summed E-state index contributed by atoms with van der Waals surface area (Å²) in [5, 5.41) is 3.40. The van der Waals surface area contributed by atoms with Crippen LogP contribution in [0.1, 0.15) is 26.7 Å². The average molecular weight is 242 g/mol. The zero-order valence-electron chi connectivity index (χ0n) is 9.11. The van der Waals surface area contributed by atoms with Gasteiger partial charge in [0.1, 0.15) is 0 Å². The third-order valence-corrected chi connectivity index (χ3v) is 3.38. The fourth-order valence-electron chi connectivity index (χ4n) is 1.12. The van der Waals surface area contributed by atoms with E-state index in [1.807, 2.05) is 6.92 Å². The monoisotopic (exact) mass is 241 g/mol. The lowest BCUT2D eigenvalue weighted by Gasteiger charge is -2.29. The molecular weight excluding hydrogens is 221 g/mol. The Morgan fingerprint density at radius 3 is 2.29 bits per heavy atom. The lowest BCUT2D eigenvalue weighted by Crippen LogP contribution is -2.48. The van der Waals surface area contributed by atoms with Crippen LogP contribution >= 0.6 is 23.2 Å². The van der Waals surface area contributed by atoms with Crippen LogP contribution in [-0.4, -0.2) is 37.1 Å². The summed E-state index contributed by atoms with van der Waals surface area (Å²) in [5.74, 6) is 1.11. The highest BCUT2D eigenvalue weighted by Gasteiger charge is 2.24. The number of hydrogen-bond acceptors (Lipinski definition) is 2. The highest BCUT2D eigenvalue weighted by Crippen LogP contribution is 2.14. The van der Waals surface area contributed by atoms with Crippen LogP contribution in [0, 0.1) is 0 Å². The van der Waals surface area contributed by atoms with Gasteiger partial charge >= 0.3 is 0 Å². The summed E-state index contributed by atoms with van der Waals surface area (Å²) in [6.07, 6.45) is 1.96. The van der Waals surface area contributed by atoms with Gasteiger partial charge in [0.15, 0.2) is 0 Å². The molecule has 0 bridgehead atoms. The van der Waals surface area contributed by atoms with Crippen molar-refractivity contribution in [2.24, 2.45) is 0 Å². The zero-order chi connectivity index (χ0) is 10.9. The number of halogens is 2. The summed E-state index contributed by atoms with van der Waals surface area (Å²) in [6, 6.07) is 0. The van der Waals surface area contributed by atoms with Crippen LogP contribution in [0.25, 0.3) is 0 Å². The van der Waals surface area contributed by atoms with Crippen molar-refractivity contribution >= 4 is 23.2 Å². The number of ether oxygens (including phenoxy) is 1. The lowest BCUT2D eigenvalue weighted by molar-refractivity contribution is 0.143. The molecule has 14 heavy (non-hydrogen) atoms. The standard InChI is InChI=1S/C10H21Cl2NO/c1-3-10(8-11,9-12)13-6-5-7-14-4-2/h13H,3-9H2,1-2H3. The maximum atomic E-state index is 5.89. The van der Waals surface area contributed by atoms with Crippen LogP contribution in [0.15, 0.2) is 0 Å². The van der Waals surface area contributed by atoms with Crippen LogP contribution in [0.4, 0.5) is 0 Å². The van der Waals surface area contributed by atoms with Crippen molar-refractivity contribution in [3.8, 4) is 0 Å². The van der Waals surface area contributed by atoms with Crippen LogP contribution in [0.5, 0.6) is 0 Å². The predicted octanol–water partition coefficient (Wildman–Crippen LogP) is 2.63. The summed E-state index contributed by atoms with van der Waals surface area (Å²) < 4.78 is 5.24. The third-order valence-electron chi connectivity index (χ3n) is 2.36. The van der Waals surface area contributed by atoms with E-state index in [4.69, 9.17) is 27.9 Å². The first-order valence-corrected chi connectivity index (χ1v) is 6.26. The van der Waals surface area contributed by atoms with Crippen molar-refractivity contribution in [1.82, 2.24) is 5.32 Å². The fourth-order valence-corrected chi connectivity index (χ4v) is 1.97. The third kappa shape index (κ3) is 5.40. The fraction of sp³-hybridized carbons (Fsp3) is 1.00. The Labute approximate surface area is 97.3 Å². The van der Waals surface area contributed by atoms with Crippen molar-refractivity contribution in [2.75, 3.05) is 31.5 Å². The van der Waals surface area contributed by atoms with E-state index in [2.05, 4.69) is 12.2 Å². The van der Waals surface area contributed by atoms with E-state index in [1.165, 1.54) is 0 Å². The van der Waals surface area contributed by atoms with Gasteiger partial charge in [-0.15, -0.1) is 23.2 Å². The van der Waals surface area contributed by atoms with E-state index in [0.29, 0.717) is 11.8 Å². The molecule has 0 aliphatic heterocycles. The lowest BCUT2D eigenvalue weighted by atomic mass is 10.0. The molecule has 0 aromatic rings.